The third-order valence-corrected chi connectivity index (χ3v) is 4.81. The first-order valence-corrected chi connectivity index (χ1v) is 9.07. The Morgan fingerprint density at radius 1 is 0.957 bits per heavy atom. The first-order valence-electron chi connectivity index (χ1n) is 7.53. The lowest BCUT2D eigenvalue weighted by Crippen LogP contribution is -2.16. The fourth-order valence-electron chi connectivity index (χ4n) is 1.93. The maximum absolute atomic E-state index is 13.1. The topological polar surface area (TPSA) is 59.9 Å². The molecule has 23 heavy (non-hydrogen) atoms. The van der Waals surface area contributed by atoms with E-state index < -0.39 is 7.60 Å². The predicted molar refractivity (Wildman–Crippen MR) is 94.5 cm³/mol. The van der Waals surface area contributed by atoms with Crippen molar-refractivity contribution in [2.45, 2.75) is 13.8 Å². The van der Waals surface area contributed by atoms with Crippen molar-refractivity contribution in [1.82, 2.24) is 0 Å². The van der Waals surface area contributed by atoms with Gasteiger partial charge in [-0.1, -0.05) is 36.4 Å². The quantitative estimate of drug-likeness (QED) is 0.438. The van der Waals surface area contributed by atoms with Gasteiger partial charge >= 0.3 is 7.60 Å². The molecule has 0 amide bonds. The second-order valence-electron chi connectivity index (χ2n) is 4.60. The first kappa shape index (κ1) is 17.4. The largest absolute Gasteiger partial charge is 0.396 e. The molecule has 2 aromatic rings. The third kappa shape index (κ3) is 5.03. The molecule has 6 heteroatoms. The number of anilines is 1. The van der Waals surface area contributed by atoms with Crippen LogP contribution in [0.2, 0.25) is 0 Å². The van der Waals surface area contributed by atoms with E-state index in [1.807, 2.05) is 60.7 Å². The minimum atomic E-state index is -3.52. The van der Waals surface area contributed by atoms with Crippen molar-refractivity contribution in [3.8, 4) is 0 Å². The highest BCUT2D eigenvalue weighted by Crippen LogP contribution is 2.50. The molecular formula is C17H21N2O3P. The molecule has 2 aromatic carbocycles. The zero-order valence-electron chi connectivity index (χ0n) is 13.3. The SMILES string of the molecule is CCOP(=O)(OCC)C(=Nc1ccccc1)Nc1ccccc1. The number of amidine groups is 1. The Labute approximate surface area is 136 Å². The molecule has 122 valence electrons. The summed E-state index contributed by atoms with van der Waals surface area (Å²) < 4.78 is 23.9. The highest BCUT2D eigenvalue weighted by molar-refractivity contribution is 7.72. The summed E-state index contributed by atoms with van der Waals surface area (Å²) >= 11 is 0. The molecular weight excluding hydrogens is 311 g/mol. The maximum Gasteiger partial charge on any atom is 0.396 e. The van der Waals surface area contributed by atoms with Crippen molar-refractivity contribution in [1.29, 1.82) is 0 Å². The molecule has 0 aliphatic carbocycles. The van der Waals surface area contributed by atoms with Crippen molar-refractivity contribution in [2.24, 2.45) is 4.99 Å². The van der Waals surface area contributed by atoms with E-state index in [4.69, 9.17) is 9.05 Å². The van der Waals surface area contributed by atoms with Gasteiger partial charge in [-0.2, -0.15) is 0 Å². The van der Waals surface area contributed by atoms with Crippen LogP contribution in [0.15, 0.2) is 65.7 Å². The number of rotatable bonds is 7. The number of nitrogens with one attached hydrogen (secondary N) is 1. The van der Waals surface area contributed by atoms with Crippen molar-refractivity contribution < 1.29 is 13.6 Å². The Bertz CT molecular complexity index is 665. The van der Waals surface area contributed by atoms with Crippen molar-refractivity contribution in [3.05, 3.63) is 60.7 Å². The van der Waals surface area contributed by atoms with E-state index in [1.54, 1.807) is 13.8 Å². The number of para-hydroxylation sites is 2. The van der Waals surface area contributed by atoms with Crippen LogP contribution in [0, 0.1) is 0 Å². The fraction of sp³-hybridized carbons (Fsp3) is 0.235. The van der Waals surface area contributed by atoms with Gasteiger partial charge in [0.1, 0.15) is 0 Å². The number of nitrogens with zero attached hydrogens (tertiary/aromatic N) is 1. The average molecular weight is 332 g/mol. The van der Waals surface area contributed by atoms with Gasteiger partial charge in [0.05, 0.1) is 18.9 Å². The summed E-state index contributed by atoms with van der Waals surface area (Å²) in [7, 11) is -3.52. The summed E-state index contributed by atoms with van der Waals surface area (Å²) in [6, 6.07) is 18.7. The van der Waals surface area contributed by atoms with Gasteiger partial charge in [-0.3, -0.25) is 4.57 Å². The number of aliphatic imine (C=N–C) groups is 1. The third-order valence-electron chi connectivity index (χ3n) is 2.88. The van der Waals surface area contributed by atoms with Crippen LogP contribution in [0.25, 0.3) is 0 Å². The van der Waals surface area contributed by atoms with Gasteiger partial charge in [0, 0.05) is 5.69 Å². The van der Waals surface area contributed by atoms with Gasteiger partial charge in [0.15, 0.2) is 0 Å². The van der Waals surface area contributed by atoms with E-state index in [-0.39, 0.29) is 18.8 Å². The van der Waals surface area contributed by atoms with E-state index in [1.165, 1.54) is 0 Å². The highest BCUT2D eigenvalue weighted by atomic mass is 31.2. The van der Waals surface area contributed by atoms with E-state index in [0.717, 1.165) is 5.69 Å². The zero-order valence-corrected chi connectivity index (χ0v) is 14.2. The molecule has 0 aromatic heterocycles. The number of benzene rings is 2. The fourth-order valence-corrected chi connectivity index (χ4v) is 3.44. The second kappa shape index (κ2) is 8.63. The van der Waals surface area contributed by atoms with E-state index >= 15 is 0 Å². The molecule has 1 N–H and O–H groups in total. The minimum absolute atomic E-state index is 0.179. The van der Waals surface area contributed by atoms with Gasteiger partial charge < -0.3 is 14.4 Å². The zero-order chi connectivity index (χ0) is 16.5. The van der Waals surface area contributed by atoms with Gasteiger partial charge in [-0.25, -0.2) is 4.99 Å². The summed E-state index contributed by atoms with van der Waals surface area (Å²) in [5, 5.41) is 3.07. The summed E-state index contributed by atoms with van der Waals surface area (Å²) in [6.07, 6.45) is 0. The molecule has 0 saturated carbocycles. The van der Waals surface area contributed by atoms with Gasteiger partial charge in [0.2, 0.25) is 5.58 Å². The lowest BCUT2D eigenvalue weighted by Gasteiger charge is -2.20. The van der Waals surface area contributed by atoms with E-state index in [2.05, 4.69) is 10.3 Å². The molecule has 0 atom stereocenters. The van der Waals surface area contributed by atoms with Crippen LogP contribution in [-0.2, 0) is 13.6 Å². The van der Waals surface area contributed by atoms with Gasteiger partial charge in [-0.05, 0) is 38.1 Å². The van der Waals surface area contributed by atoms with Crippen LogP contribution >= 0.6 is 7.60 Å². The molecule has 0 radical (unpaired) electrons. The van der Waals surface area contributed by atoms with Crippen molar-refractivity contribution >= 4 is 24.5 Å². The Hall–Kier alpha value is -1.94. The molecule has 0 spiro atoms. The second-order valence-corrected chi connectivity index (χ2v) is 6.53. The molecule has 0 saturated heterocycles. The Kier molecular flexibility index (Phi) is 6.53. The van der Waals surface area contributed by atoms with Crippen LogP contribution < -0.4 is 5.32 Å². The first-order chi connectivity index (χ1) is 11.2. The monoisotopic (exact) mass is 332 g/mol. The van der Waals surface area contributed by atoms with Crippen molar-refractivity contribution in [3.63, 3.8) is 0 Å². The smallest absolute Gasteiger partial charge is 0.333 e. The van der Waals surface area contributed by atoms with E-state index in [9.17, 15) is 4.57 Å². The van der Waals surface area contributed by atoms with Gasteiger partial charge in [0.25, 0.3) is 0 Å². The van der Waals surface area contributed by atoms with Crippen LogP contribution in [0.5, 0.6) is 0 Å². The minimum Gasteiger partial charge on any atom is -0.333 e. The van der Waals surface area contributed by atoms with Crippen LogP contribution in [0.3, 0.4) is 0 Å². The maximum atomic E-state index is 13.1. The normalized spacial score (nSPS) is 12.2. The lowest BCUT2D eigenvalue weighted by atomic mass is 10.3. The Morgan fingerprint density at radius 2 is 1.48 bits per heavy atom. The van der Waals surface area contributed by atoms with Crippen LogP contribution in [0.1, 0.15) is 13.8 Å². The molecule has 2 rings (SSSR count). The standard InChI is InChI=1S/C17H21N2O3P/c1-3-21-23(20,22-4-2)17(18-15-11-7-5-8-12-15)19-16-13-9-6-10-14-16/h5-14H,3-4H2,1-2H3,(H,18,19). The van der Waals surface area contributed by atoms with Crippen LogP contribution in [-0.4, -0.2) is 18.8 Å². The Balaban J connectivity index is 2.41. The van der Waals surface area contributed by atoms with Gasteiger partial charge in [-0.15, -0.1) is 0 Å². The number of hydrogen-bond acceptors (Lipinski definition) is 4. The average Bonchev–Trinajstić information content (AvgIpc) is 2.57. The molecule has 0 bridgehead atoms. The lowest BCUT2D eigenvalue weighted by molar-refractivity contribution is 0.232. The van der Waals surface area contributed by atoms with E-state index in [0.29, 0.717) is 5.69 Å². The highest BCUT2D eigenvalue weighted by Gasteiger charge is 2.32. The summed E-state index contributed by atoms with van der Waals surface area (Å²) in [4.78, 5) is 4.46. The molecule has 5 nitrogen and oxygen atoms in total. The molecule has 0 aliphatic rings. The summed E-state index contributed by atoms with van der Waals surface area (Å²) in [6.45, 7) is 4.08. The molecule has 0 aliphatic heterocycles. The number of hydrogen-bond donors (Lipinski definition) is 1. The van der Waals surface area contributed by atoms with Crippen LogP contribution in [0.4, 0.5) is 11.4 Å². The summed E-state index contributed by atoms with van der Waals surface area (Å²) in [5.74, 6) is 0. The van der Waals surface area contributed by atoms with Crippen molar-refractivity contribution in [2.75, 3.05) is 18.5 Å². The predicted octanol–water partition coefficient (Wildman–Crippen LogP) is 5.05. The molecule has 0 fully saturated rings. The molecule has 0 unspecified atom stereocenters. The molecule has 0 heterocycles. The summed E-state index contributed by atoms with van der Waals surface area (Å²) in [5.41, 5.74) is 1.62. The Morgan fingerprint density at radius 3 is 2.00 bits per heavy atom.